The van der Waals surface area contributed by atoms with Gasteiger partial charge in [0.2, 0.25) is 0 Å². The average Bonchev–Trinajstić information content (AvgIpc) is 3.17. The van der Waals surface area contributed by atoms with Crippen LogP contribution in [0.3, 0.4) is 0 Å². The largest absolute Gasteiger partial charge is 0.488 e. The van der Waals surface area contributed by atoms with Gasteiger partial charge in [0.25, 0.3) is 5.91 Å². The summed E-state index contributed by atoms with van der Waals surface area (Å²) in [5.74, 6) is 0.0899. The second-order valence-corrected chi connectivity index (χ2v) is 10.0. The number of aliphatic hydroxyl groups excluding tert-OH is 1. The van der Waals surface area contributed by atoms with Crippen molar-refractivity contribution in [2.75, 3.05) is 37.7 Å². The van der Waals surface area contributed by atoms with E-state index in [1.807, 2.05) is 26.8 Å². The van der Waals surface area contributed by atoms with E-state index in [1.54, 1.807) is 6.07 Å². The van der Waals surface area contributed by atoms with E-state index in [-0.39, 0.29) is 18.5 Å². The fourth-order valence-electron chi connectivity index (χ4n) is 4.39. The highest BCUT2D eigenvalue weighted by atomic mass is 19.1. The number of nitrogens with zero attached hydrogens (tertiary/aromatic N) is 1. The molecule has 0 bridgehead atoms. The Hall–Kier alpha value is -2.84. The van der Waals surface area contributed by atoms with Crippen molar-refractivity contribution >= 4 is 11.6 Å². The molecule has 0 aromatic heterocycles. The van der Waals surface area contributed by atoms with Gasteiger partial charge in [0.05, 0.1) is 11.3 Å². The topological polar surface area (TPSA) is 97.1 Å². The van der Waals surface area contributed by atoms with Crippen LogP contribution in [0.1, 0.15) is 55.6 Å². The van der Waals surface area contributed by atoms with Gasteiger partial charge in [0.1, 0.15) is 18.0 Å². The van der Waals surface area contributed by atoms with Crippen molar-refractivity contribution < 1.29 is 23.8 Å². The van der Waals surface area contributed by atoms with E-state index in [0.717, 1.165) is 36.2 Å². The molecule has 1 amide bonds. The average molecular weight is 488 g/mol. The summed E-state index contributed by atoms with van der Waals surface area (Å²) < 4.78 is 25.4. The standard InChI is InChI=1S/C27H38FN3O4/c1-18(30-9-13-34-23-7-6-21(28)17-24(23)35-27(2,3)4)14-19-15-20-8-11-31(10-5-12-32)25(20)22(16-19)26(29)33/h6-7,15-18,30,32H,5,8-14H2,1-4H3,(H2,29,33). The monoisotopic (exact) mass is 487 g/mol. The Morgan fingerprint density at radius 2 is 2.03 bits per heavy atom. The molecule has 0 radical (unpaired) electrons. The maximum Gasteiger partial charge on any atom is 0.250 e. The summed E-state index contributed by atoms with van der Waals surface area (Å²) in [6, 6.07) is 8.47. The molecular formula is C27H38FN3O4. The van der Waals surface area contributed by atoms with Crippen molar-refractivity contribution in [3.05, 3.63) is 52.8 Å². The number of rotatable bonds is 12. The Bertz CT molecular complexity index is 1020. The lowest BCUT2D eigenvalue weighted by atomic mass is 9.98. The Balaban J connectivity index is 1.57. The minimum Gasteiger partial charge on any atom is -0.488 e. The smallest absolute Gasteiger partial charge is 0.250 e. The van der Waals surface area contributed by atoms with Gasteiger partial charge >= 0.3 is 0 Å². The van der Waals surface area contributed by atoms with E-state index in [2.05, 4.69) is 23.2 Å². The summed E-state index contributed by atoms with van der Waals surface area (Å²) in [4.78, 5) is 14.3. The third-order valence-corrected chi connectivity index (χ3v) is 5.78. The highest BCUT2D eigenvalue weighted by Crippen LogP contribution is 2.34. The first kappa shape index (κ1) is 26.8. The Labute approximate surface area is 207 Å². The molecule has 192 valence electrons. The van der Waals surface area contributed by atoms with E-state index in [9.17, 15) is 9.18 Å². The summed E-state index contributed by atoms with van der Waals surface area (Å²) in [5.41, 5.74) is 8.90. The van der Waals surface area contributed by atoms with Gasteiger partial charge in [0.15, 0.2) is 11.5 Å². The van der Waals surface area contributed by atoms with Gasteiger partial charge in [0, 0.05) is 38.3 Å². The fraction of sp³-hybridized carbons (Fsp3) is 0.519. The minimum absolute atomic E-state index is 0.120. The molecule has 1 atom stereocenters. The third-order valence-electron chi connectivity index (χ3n) is 5.78. The summed E-state index contributed by atoms with van der Waals surface area (Å²) in [7, 11) is 0. The number of primary amides is 1. The minimum atomic E-state index is -0.464. The molecule has 1 heterocycles. The van der Waals surface area contributed by atoms with E-state index >= 15 is 0 Å². The van der Waals surface area contributed by atoms with Crippen molar-refractivity contribution in [3.63, 3.8) is 0 Å². The molecule has 8 heteroatoms. The first-order valence-corrected chi connectivity index (χ1v) is 12.2. The van der Waals surface area contributed by atoms with Gasteiger partial charge in [-0.25, -0.2) is 4.39 Å². The van der Waals surface area contributed by atoms with Crippen LogP contribution < -0.4 is 25.4 Å². The number of amides is 1. The van der Waals surface area contributed by atoms with Crippen LogP contribution in [0.4, 0.5) is 10.1 Å². The lowest BCUT2D eigenvalue weighted by Crippen LogP contribution is -2.32. The number of hydrogen-bond donors (Lipinski definition) is 3. The lowest BCUT2D eigenvalue weighted by molar-refractivity contribution is 0.100. The Kier molecular flexibility index (Phi) is 8.97. The number of fused-ring (bicyclic) bond motifs is 1. The van der Waals surface area contributed by atoms with E-state index in [1.165, 1.54) is 12.1 Å². The van der Waals surface area contributed by atoms with Crippen molar-refractivity contribution in [2.45, 2.75) is 58.6 Å². The highest BCUT2D eigenvalue weighted by Gasteiger charge is 2.25. The second kappa shape index (κ2) is 11.7. The van der Waals surface area contributed by atoms with Gasteiger partial charge in [-0.05, 0) is 76.3 Å². The fourth-order valence-corrected chi connectivity index (χ4v) is 4.39. The molecule has 3 rings (SSSR count). The number of nitrogens with two attached hydrogens (primary N) is 1. The van der Waals surface area contributed by atoms with Gasteiger partial charge in [-0.1, -0.05) is 6.07 Å². The number of carbonyl (C=O) groups excluding carboxylic acids is 1. The van der Waals surface area contributed by atoms with Crippen LogP contribution in [0, 0.1) is 5.82 Å². The molecule has 1 aliphatic rings. The first-order chi connectivity index (χ1) is 16.6. The number of ether oxygens (including phenoxy) is 2. The summed E-state index contributed by atoms with van der Waals surface area (Å²) in [6.45, 7) is 10.4. The number of carbonyl (C=O) groups is 1. The molecule has 0 fully saturated rings. The van der Waals surface area contributed by atoms with Crippen molar-refractivity contribution in [1.82, 2.24) is 5.32 Å². The van der Waals surface area contributed by atoms with E-state index in [4.69, 9.17) is 20.3 Å². The zero-order valence-corrected chi connectivity index (χ0v) is 21.2. The number of halogens is 1. The molecule has 0 spiro atoms. The SMILES string of the molecule is CC(Cc1cc2c(c(C(N)=O)c1)N(CCCO)CC2)NCCOc1ccc(F)cc1OC(C)(C)C. The molecule has 0 saturated carbocycles. The van der Waals surface area contributed by atoms with Gasteiger partial charge in [-0.3, -0.25) is 4.79 Å². The van der Waals surface area contributed by atoms with Crippen molar-refractivity contribution in [1.29, 1.82) is 0 Å². The normalized spacial score (nSPS) is 14.1. The summed E-state index contributed by atoms with van der Waals surface area (Å²) >= 11 is 0. The quantitative estimate of drug-likeness (QED) is 0.397. The number of benzene rings is 2. The molecule has 0 aliphatic carbocycles. The predicted octanol–water partition coefficient (Wildman–Crippen LogP) is 3.45. The van der Waals surface area contributed by atoms with Crippen LogP contribution in [0.25, 0.3) is 0 Å². The van der Waals surface area contributed by atoms with Crippen molar-refractivity contribution in [2.24, 2.45) is 5.73 Å². The van der Waals surface area contributed by atoms with E-state index in [0.29, 0.717) is 43.2 Å². The lowest BCUT2D eigenvalue weighted by Gasteiger charge is -2.23. The zero-order valence-electron chi connectivity index (χ0n) is 21.2. The zero-order chi connectivity index (χ0) is 25.6. The number of anilines is 1. The van der Waals surface area contributed by atoms with Gasteiger partial charge in [-0.15, -0.1) is 0 Å². The predicted molar refractivity (Wildman–Crippen MR) is 136 cm³/mol. The van der Waals surface area contributed by atoms with Crippen LogP contribution in [-0.2, 0) is 12.8 Å². The second-order valence-electron chi connectivity index (χ2n) is 10.0. The van der Waals surface area contributed by atoms with Crippen LogP contribution in [-0.4, -0.2) is 55.5 Å². The molecular weight excluding hydrogens is 449 g/mol. The maximum absolute atomic E-state index is 13.7. The van der Waals surface area contributed by atoms with Crippen molar-refractivity contribution in [3.8, 4) is 11.5 Å². The number of hydrogen-bond acceptors (Lipinski definition) is 6. The van der Waals surface area contributed by atoms with Crippen LogP contribution >= 0.6 is 0 Å². The summed E-state index contributed by atoms with van der Waals surface area (Å²) in [6.07, 6.45) is 2.25. The molecule has 2 aromatic carbocycles. The van der Waals surface area contributed by atoms with Crippen LogP contribution in [0.15, 0.2) is 30.3 Å². The first-order valence-electron chi connectivity index (χ1n) is 12.2. The Morgan fingerprint density at radius 1 is 1.26 bits per heavy atom. The van der Waals surface area contributed by atoms with Crippen LogP contribution in [0.5, 0.6) is 11.5 Å². The number of aliphatic hydroxyl groups is 1. The molecule has 35 heavy (non-hydrogen) atoms. The molecule has 2 aromatic rings. The maximum atomic E-state index is 13.7. The third kappa shape index (κ3) is 7.57. The molecule has 1 unspecified atom stereocenters. The molecule has 0 saturated heterocycles. The number of nitrogens with one attached hydrogen (secondary N) is 1. The molecule has 7 nitrogen and oxygen atoms in total. The molecule has 4 N–H and O–H groups in total. The van der Waals surface area contributed by atoms with Crippen LogP contribution in [0.2, 0.25) is 0 Å². The summed E-state index contributed by atoms with van der Waals surface area (Å²) in [5, 5.41) is 12.6. The van der Waals surface area contributed by atoms with Gasteiger partial charge < -0.3 is 30.5 Å². The molecule has 1 aliphatic heterocycles. The Morgan fingerprint density at radius 3 is 2.71 bits per heavy atom. The van der Waals surface area contributed by atoms with Gasteiger partial charge in [-0.2, -0.15) is 0 Å². The van der Waals surface area contributed by atoms with E-state index < -0.39 is 11.5 Å². The highest BCUT2D eigenvalue weighted by molar-refractivity contribution is 6.00.